The van der Waals surface area contributed by atoms with Gasteiger partial charge in [-0.2, -0.15) is 0 Å². The van der Waals surface area contributed by atoms with Crippen molar-refractivity contribution in [3.8, 4) is 0 Å². The van der Waals surface area contributed by atoms with Crippen LogP contribution in [0.3, 0.4) is 0 Å². The first-order chi connectivity index (χ1) is 10.0. The largest absolute Gasteiger partial charge is 0.310 e. The summed E-state index contributed by atoms with van der Waals surface area (Å²) in [6, 6.07) is 10.7. The van der Waals surface area contributed by atoms with Crippen LogP contribution in [0.5, 0.6) is 0 Å². The molecule has 0 aromatic heterocycles. The van der Waals surface area contributed by atoms with Gasteiger partial charge in [0, 0.05) is 15.5 Å². The number of hydrogen-bond donors (Lipinski definition) is 1. The summed E-state index contributed by atoms with van der Waals surface area (Å²) in [5.74, 6) is -0.354. The maximum absolute atomic E-state index is 14.1. The minimum Gasteiger partial charge on any atom is -0.310 e. The van der Waals surface area contributed by atoms with E-state index in [0.717, 1.165) is 16.6 Å². The van der Waals surface area contributed by atoms with Crippen LogP contribution in [0.15, 0.2) is 40.9 Å². The van der Waals surface area contributed by atoms with Crippen molar-refractivity contribution in [2.45, 2.75) is 19.4 Å². The summed E-state index contributed by atoms with van der Waals surface area (Å²) < 4.78 is 15.0. The second-order valence-corrected chi connectivity index (χ2v) is 6.39. The molecule has 1 N–H and O–H groups in total. The molecule has 1 unspecified atom stereocenters. The van der Waals surface area contributed by atoms with E-state index in [9.17, 15) is 4.39 Å². The third-order valence-electron chi connectivity index (χ3n) is 3.24. The van der Waals surface area contributed by atoms with E-state index < -0.39 is 0 Å². The lowest BCUT2D eigenvalue weighted by Gasteiger charge is -2.20. The first kappa shape index (κ1) is 16.8. The highest BCUT2D eigenvalue weighted by Crippen LogP contribution is 2.30. The molecule has 2 aromatic rings. The zero-order valence-electron chi connectivity index (χ0n) is 11.5. The summed E-state index contributed by atoms with van der Waals surface area (Å²) in [6.45, 7) is 2.80. The van der Waals surface area contributed by atoms with Crippen LogP contribution in [0.2, 0.25) is 10.0 Å². The van der Waals surface area contributed by atoms with Crippen molar-refractivity contribution < 1.29 is 4.39 Å². The molecule has 0 spiro atoms. The van der Waals surface area contributed by atoms with Crippen molar-refractivity contribution in [1.82, 2.24) is 5.32 Å². The fourth-order valence-corrected chi connectivity index (χ4v) is 3.40. The Labute approximate surface area is 142 Å². The Morgan fingerprint density at radius 2 is 2.00 bits per heavy atom. The van der Waals surface area contributed by atoms with Crippen LogP contribution < -0.4 is 5.32 Å². The predicted molar refractivity (Wildman–Crippen MR) is 90.7 cm³/mol. The first-order valence-corrected chi connectivity index (χ1v) is 8.19. The molecule has 0 saturated heterocycles. The number of likely N-dealkylation sites (N-methyl/N-ethyl adjacent to an activating group) is 1. The fourth-order valence-electron chi connectivity index (χ4n) is 2.25. The van der Waals surface area contributed by atoms with Crippen LogP contribution in [-0.2, 0) is 6.42 Å². The van der Waals surface area contributed by atoms with Crippen molar-refractivity contribution in [3.05, 3.63) is 67.9 Å². The second kappa shape index (κ2) is 7.59. The summed E-state index contributed by atoms with van der Waals surface area (Å²) >= 11 is 15.3. The quantitative estimate of drug-likeness (QED) is 0.681. The molecule has 0 aliphatic heterocycles. The summed E-state index contributed by atoms with van der Waals surface area (Å²) in [5, 5.41) is 4.18. The lowest BCUT2D eigenvalue weighted by atomic mass is 9.98. The van der Waals surface area contributed by atoms with Gasteiger partial charge in [0.1, 0.15) is 5.82 Å². The number of hydrogen-bond acceptors (Lipinski definition) is 1. The Balaban J connectivity index is 2.33. The predicted octanol–water partition coefficient (Wildman–Crippen LogP) is 5.79. The molecular formula is C16H15BrCl2FN. The van der Waals surface area contributed by atoms with Crippen molar-refractivity contribution in [3.63, 3.8) is 0 Å². The van der Waals surface area contributed by atoms with Gasteiger partial charge in [-0.25, -0.2) is 4.39 Å². The van der Waals surface area contributed by atoms with Crippen LogP contribution >= 0.6 is 39.1 Å². The van der Waals surface area contributed by atoms with Crippen molar-refractivity contribution in [2.75, 3.05) is 6.54 Å². The average molecular weight is 391 g/mol. The van der Waals surface area contributed by atoms with Gasteiger partial charge in [-0.05, 0) is 42.3 Å². The van der Waals surface area contributed by atoms with E-state index in [4.69, 9.17) is 23.2 Å². The van der Waals surface area contributed by atoms with Crippen molar-refractivity contribution in [1.29, 1.82) is 0 Å². The maximum atomic E-state index is 14.1. The van der Waals surface area contributed by atoms with Gasteiger partial charge < -0.3 is 5.32 Å². The lowest BCUT2D eigenvalue weighted by molar-refractivity contribution is 0.526. The Morgan fingerprint density at radius 3 is 2.67 bits per heavy atom. The second-order valence-electron chi connectivity index (χ2n) is 4.69. The minimum atomic E-state index is -0.354. The highest BCUT2D eigenvalue weighted by Gasteiger charge is 2.17. The highest BCUT2D eigenvalue weighted by molar-refractivity contribution is 9.10. The smallest absolute Gasteiger partial charge is 0.145 e. The molecule has 5 heteroatoms. The molecular weight excluding hydrogens is 376 g/mol. The Hall–Kier alpha value is -0.610. The third-order valence-corrected chi connectivity index (χ3v) is 4.46. The molecule has 2 aromatic carbocycles. The maximum Gasteiger partial charge on any atom is 0.145 e. The summed E-state index contributed by atoms with van der Waals surface area (Å²) in [7, 11) is 0. The van der Waals surface area contributed by atoms with E-state index in [2.05, 4.69) is 21.2 Å². The van der Waals surface area contributed by atoms with Gasteiger partial charge in [0.15, 0.2) is 0 Å². The zero-order chi connectivity index (χ0) is 15.4. The molecule has 21 heavy (non-hydrogen) atoms. The highest BCUT2D eigenvalue weighted by atomic mass is 79.9. The summed E-state index contributed by atoms with van der Waals surface area (Å²) in [4.78, 5) is 0. The van der Waals surface area contributed by atoms with Crippen molar-refractivity contribution in [2.24, 2.45) is 0 Å². The Morgan fingerprint density at radius 1 is 1.24 bits per heavy atom. The molecule has 1 nitrogen and oxygen atoms in total. The molecule has 0 amide bonds. The van der Waals surface area contributed by atoms with E-state index in [0.29, 0.717) is 17.0 Å². The van der Waals surface area contributed by atoms with E-state index in [1.54, 1.807) is 18.2 Å². The van der Waals surface area contributed by atoms with Gasteiger partial charge in [-0.1, -0.05) is 64.3 Å². The average Bonchev–Trinajstić information content (AvgIpc) is 2.43. The number of nitrogens with one attached hydrogen (secondary N) is 1. The van der Waals surface area contributed by atoms with E-state index in [-0.39, 0.29) is 16.9 Å². The van der Waals surface area contributed by atoms with E-state index in [1.807, 2.05) is 25.1 Å². The molecule has 0 aliphatic rings. The Kier molecular flexibility index (Phi) is 6.06. The van der Waals surface area contributed by atoms with Crippen LogP contribution in [0, 0.1) is 5.82 Å². The van der Waals surface area contributed by atoms with Crippen LogP contribution in [0.1, 0.15) is 24.1 Å². The van der Waals surface area contributed by atoms with Gasteiger partial charge in [0.2, 0.25) is 0 Å². The van der Waals surface area contributed by atoms with Gasteiger partial charge in [-0.3, -0.25) is 0 Å². The third kappa shape index (κ3) is 4.19. The Bertz CT molecular complexity index is 634. The van der Waals surface area contributed by atoms with Crippen LogP contribution in [0.4, 0.5) is 4.39 Å². The standard InChI is InChI=1S/C16H15BrCl2FN/c1-2-21-15(12-7-6-11(18)9-13(12)17)8-10-4-3-5-14(19)16(10)20/h3-7,9,15,21H,2,8H2,1H3. The lowest BCUT2D eigenvalue weighted by Crippen LogP contribution is -2.23. The molecule has 1 atom stereocenters. The molecule has 0 saturated carbocycles. The molecule has 0 bridgehead atoms. The summed E-state index contributed by atoms with van der Waals surface area (Å²) in [6.07, 6.45) is 0.514. The number of rotatable bonds is 5. The van der Waals surface area contributed by atoms with Crippen LogP contribution in [-0.4, -0.2) is 6.54 Å². The first-order valence-electron chi connectivity index (χ1n) is 6.64. The van der Waals surface area contributed by atoms with Crippen molar-refractivity contribution >= 4 is 39.1 Å². The van der Waals surface area contributed by atoms with E-state index in [1.165, 1.54) is 0 Å². The minimum absolute atomic E-state index is 0.0189. The molecule has 0 fully saturated rings. The molecule has 0 radical (unpaired) electrons. The normalized spacial score (nSPS) is 12.4. The molecule has 0 heterocycles. The zero-order valence-corrected chi connectivity index (χ0v) is 14.6. The van der Waals surface area contributed by atoms with Crippen LogP contribution in [0.25, 0.3) is 0 Å². The number of benzene rings is 2. The monoisotopic (exact) mass is 389 g/mol. The number of halogens is 4. The molecule has 112 valence electrons. The SMILES string of the molecule is CCNC(Cc1cccc(Cl)c1F)c1ccc(Cl)cc1Br. The summed E-state index contributed by atoms with van der Waals surface area (Å²) in [5.41, 5.74) is 1.64. The van der Waals surface area contributed by atoms with Gasteiger partial charge >= 0.3 is 0 Å². The van der Waals surface area contributed by atoms with Gasteiger partial charge in [0.25, 0.3) is 0 Å². The van der Waals surface area contributed by atoms with Gasteiger partial charge in [-0.15, -0.1) is 0 Å². The van der Waals surface area contributed by atoms with Gasteiger partial charge in [0.05, 0.1) is 5.02 Å². The molecule has 2 rings (SSSR count). The fraction of sp³-hybridized carbons (Fsp3) is 0.250. The molecule has 0 aliphatic carbocycles. The topological polar surface area (TPSA) is 12.0 Å². The van der Waals surface area contributed by atoms with E-state index >= 15 is 0 Å².